The van der Waals surface area contributed by atoms with Crippen molar-refractivity contribution in [3.63, 3.8) is 0 Å². The van der Waals surface area contributed by atoms with Gasteiger partial charge in [-0.25, -0.2) is 27.9 Å². The highest BCUT2D eigenvalue weighted by atomic mass is 32.2. The maximum Gasteiger partial charge on any atom is 0.264 e. The molecule has 0 bridgehead atoms. The largest absolute Gasteiger partial charge is 0.490 e. The van der Waals surface area contributed by atoms with E-state index in [1.165, 1.54) is 23.2 Å². The molecule has 12 nitrogen and oxygen atoms in total. The Hall–Kier alpha value is -4.78. The molecule has 0 fully saturated rings. The van der Waals surface area contributed by atoms with Crippen LogP contribution in [-0.4, -0.2) is 67.2 Å². The van der Waals surface area contributed by atoms with Crippen molar-refractivity contribution in [2.75, 3.05) is 18.6 Å². The zero-order valence-corrected chi connectivity index (χ0v) is 26.4. The van der Waals surface area contributed by atoms with Gasteiger partial charge in [-0.15, -0.1) is 10.2 Å². The van der Waals surface area contributed by atoms with Gasteiger partial charge in [-0.2, -0.15) is 5.21 Å². The Morgan fingerprint density at radius 3 is 2.36 bits per heavy atom. The zero-order valence-electron chi connectivity index (χ0n) is 25.6. The van der Waals surface area contributed by atoms with Crippen molar-refractivity contribution >= 4 is 9.84 Å². The Bertz CT molecular complexity index is 1890. The van der Waals surface area contributed by atoms with E-state index < -0.39 is 9.84 Å². The summed E-state index contributed by atoms with van der Waals surface area (Å²) in [7, 11) is -2.99. The molecule has 0 amide bonds. The summed E-state index contributed by atoms with van der Waals surface area (Å²) in [6, 6.07) is 16.0. The molecule has 5 aromatic rings. The number of ether oxygens (including phenoxy) is 1. The Balaban J connectivity index is 1.38. The van der Waals surface area contributed by atoms with Gasteiger partial charge in [0.2, 0.25) is 11.8 Å². The van der Waals surface area contributed by atoms with Crippen molar-refractivity contribution in [3.05, 3.63) is 93.9 Å². The minimum Gasteiger partial charge on any atom is -0.490 e. The summed E-state index contributed by atoms with van der Waals surface area (Å²) in [4.78, 5) is 27.6. The average molecular weight is 629 g/mol. The van der Waals surface area contributed by atoms with Gasteiger partial charge < -0.3 is 4.74 Å². The number of aromatic nitrogens is 8. The molecule has 13 heteroatoms. The monoisotopic (exact) mass is 628 g/mol. The molecule has 0 saturated carbocycles. The summed E-state index contributed by atoms with van der Waals surface area (Å²) < 4.78 is 29.7. The third-order valence-electron chi connectivity index (χ3n) is 7.35. The van der Waals surface area contributed by atoms with Crippen LogP contribution in [0.1, 0.15) is 55.3 Å². The molecule has 45 heavy (non-hydrogen) atoms. The molecule has 2 aromatic carbocycles. The van der Waals surface area contributed by atoms with Crippen LogP contribution in [0.2, 0.25) is 0 Å². The lowest BCUT2D eigenvalue weighted by atomic mass is 9.96. The fourth-order valence-corrected chi connectivity index (χ4v) is 5.78. The lowest BCUT2D eigenvalue weighted by molar-refractivity contribution is 0.307. The molecule has 5 rings (SSSR count). The number of benzene rings is 2. The number of tetrazole rings is 1. The maximum atomic E-state index is 14.0. The van der Waals surface area contributed by atoms with Crippen molar-refractivity contribution in [2.24, 2.45) is 0 Å². The average Bonchev–Trinajstić information content (AvgIpc) is 3.57. The second-order valence-corrected chi connectivity index (χ2v) is 13.1. The van der Waals surface area contributed by atoms with Gasteiger partial charge >= 0.3 is 0 Å². The molecular formula is C32H36N8O4S. The molecule has 0 aliphatic carbocycles. The van der Waals surface area contributed by atoms with Crippen LogP contribution in [0.3, 0.4) is 0 Å². The highest BCUT2D eigenvalue weighted by molar-refractivity contribution is 7.90. The SMILES string of the molecule is CCCCc1nc(C)n(-c2ncc(OCCCCS(C)(=O)=O)cn2)c(=O)c1Cc1ccc(-c2ccccc2-c2nn[nH]n2)cc1. The number of sulfone groups is 1. The van der Waals surface area contributed by atoms with E-state index in [9.17, 15) is 13.2 Å². The summed E-state index contributed by atoms with van der Waals surface area (Å²) in [6.07, 6.45) is 8.36. The number of aryl methyl sites for hydroxylation is 2. The van der Waals surface area contributed by atoms with E-state index in [1.807, 2.05) is 48.5 Å². The van der Waals surface area contributed by atoms with E-state index in [1.54, 1.807) is 6.92 Å². The molecule has 3 heterocycles. The number of nitrogens with one attached hydrogen (secondary N) is 1. The maximum absolute atomic E-state index is 14.0. The van der Waals surface area contributed by atoms with E-state index in [4.69, 9.17) is 9.72 Å². The lowest BCUT2D eigenvalue weighted by Crippen LogP contribution is -2.29. The number of nitrogens with zero attached hydrogens (tertiary/aromatic N) is 7. The minimum atomic E-state index is -2.99. The summed E-state index contributed by atoms with van der Waals surface area (Å²) >= 11 is 0. The smallest absolute Gasteiger partial charge is 0.264 e. The molecule has 234 valence electrons. The molecule has 0 spiro atoms. The van der Waals surface area contributed by atoms with Crippen LogP contribution in [0.4, 0.5) is 0 Å². The number of unbranched alkanes of at least 4 members (excludes halogenated alkanes) is 2. The van der Waals surface area contributed by atoms with Crippen LogP contribution in [0.15, 0.2) is 65.7 Å². The Labute approximate surface area is 261 Å². The standard InChI is InChI=1S/C32H36N8O4S/c1-4-5-12-29-28(19-23-13-15-24(16-14-23)26-10-6-7-11-27(26)30-36-38-39-37-30)31(41)40(22(2)35-29)32-33-20-25(21-34-32)44-17-8-9-18-45(3,42)43/h6-7,10-11,13-16,20-21H,4-5,8-9,12,17-19H2,1-3H3,(H,36,37,38,39). The predicted octanol–water partition coefficient (Wildman–Crippen LogP) is 4.32. The number of hydrogen-bond donors (Lipinski definition) is 1. The van der Waals surface area contributed by atoms with Crippen LogP contribution in [0.25, 0.3) is 28.5 Å². The van der Waals surface area contributed by atoms with E-state index in [2.05, 4.69) is 37.5 Å². The molecule has 0 saturated heterocycles. The first-order valence-corrected chi connectivity index (χ1v) is 17.0. The second kappa shape index (κ2) is 14.3. The van der Waals surface area contributed by atoms with Gasteiger partial charge in [-0.05, 0) is 54.5 Å². The predicted molar refractivity (Wildman–Crippen MR) is 171 cm³/mol. The van der Waals surface area contributed by atoms with E-state index in [0.29, 0.717) is 55.3 Å². The van der Waals surface area contributed by atoms with Crippen LogP contribution in [0.5, 0.6) is 5.75 Å². The van der Waals surface area contributed by atoms with Crippen molar-refractivity contribution in [3.8, 4) is 34.2 Å². The molecule has 0 aliphatic rings. The Morgan fingerprint density at radius 1 is 0.956 bits per heavy atom. The van der Waals surface area contributed by atoms with Gasteiger partial charge in [-0.1, -0.05) is 61.9 Å². The molecule has 0 unspecified atom stereocenters. The van der Waals surface area contributed by atoms with Crippen LogP contribution in [-0.2, 0) is 22.7 Å². The molecule has 1 N–H and O–H groups in total. The van der Waals surface area contributed by atoms with E-state index in [0.717, 1.165) is 40.8 Å². The molecule has 3 aromatic heterocycles. The summed E-state index contributed by atoms with van der Waals surface area (Å²) in [5, 5.41) is 14.5. The van der Waals surface area contributed by atoms with Crippen molar-refractivity contribution in [1.29, 1.82) is 0 Å². The number of hydrogen-bond acceptors (Lipinski definition) is 10. The van der Waals surface area contributed by atoms with E-state index >= 15 is 0 Å². The second-order valence-electron chi connectivity index (χ2n) is 10.9. The normalized spacial score (nSPS) is 11.5. The molecular weight excluding hydrogens is 592 g/mol. The third-order valence-corrected chi connectivity index (χ3v) is 8.38. The van der Waals surface area contributed by atoms with Gasteiger partial charge in [0.15, 0.2) is 5.75 Å². The molecule has 0 radical (unpaired) electrons. The van der Waals surface area contributed by atoms with Crippen molar-refractivity contribution in [1.82, 2.24) is 40.1 Å². The minimum absolute atomic E-state index is 0.122. The quantitative estimate of drug-likeness (QED) is 0.176. The molecule has 0 atom stereocenters. The van der Waals surface area contributed by atoms with Gasteiger partial charge in [0.1, 0.15) is 15.7 Å². The Kier molecular flexibility index (Phi) is 10.1. The highest BCUT2D eigenvalue weighted by Gasteiger charge is 2.18. The van der Waals surface area contributed by atoms with Crippen LogP contribution < -0.4 is 10.3 Å². The van der Waals surface area contributed by atoms with Gasteiger partial charge in [0.05, 0.1) is 30.4 Å². The van der Waals surface area contributed by atoms with Gasteiger partial charge in [0, 0.05) is 23.8 Å². The Morgan fingerprint density at radius 2 is 1.69 bits per heavy atom. The number of H-pyrrole nitrogens is 1. The first-order chi connectivity index (χ1) is 21.7. The van der Waals surface area contributed by atoms with Crippen molar-refractivity contribution in [2.45, 2.75) is 52.4 Å². The lowest BCUT2D eigenvalue weighted by Gasteiger charge is -2.15. The zero-order chi connectivity index (χ0) is 31.8. The number of aromatic amines is 1. The first kappa shape index (κ1) is 31.6. The summed E-state index contributed by atoms with van der Waals surface area (Å²) in [5.74, 6) is 1.81. The van der Waals surface area contributed by atoms with Gasteiger partial charge in [-0.3, -0.25) is 4.79 Å². The summed E-state index contributed by atoms with van der Waals surface area (Å²) in [6.45, 7) is 4.24. The topological polar surface area (TPSA) is 158 Å². The van der Waals surface area contributed by atoms with Crippen LogP contribution in [0, 0.1) is 6.92 Å². The fourth-order valence-electron chi connectivity index (χ4n) is 5.05. The van der Waals surface area contributed by atoms with Crippen LogP contribution >= 0.6 is 0 Å². The third kappa shape index (κ3) is 8.04. The molecule has 0 aliphatic heterocycles. The van der Waals surface area contributed by atoms with E-state index in [-0.39, 0.29) is 17.3 Å². The van der Waals surface area contributed by atoms with Crippen molar-refractivity contribution < 1.29 is 13.2 Å². The van der Waals surface area contributed by atoms with Gasteiger partial charge in [0.25, 0.3) is 5.56 Å². The fraction of sp³-hybridized carbons (Fsp3) is 0.344. The summed E-state index contributed by atoms with van der Waals surface area (Å²) in [5.41, 5.74) is 5.02. The first-order valence-electron chi connectivity index (χ1n) is 14.9. The number of rotatable bonds is 14. The highest BCUT2D eigenvalue weighted by Crippen LogP contribution is 2.30.